The first kappa shape index (κ1) is 9.37. The Bertz CT molecular complexity index is 512. The van der Waals surface area contributed by atoms with Crippen LogP contribution in [0.4, 0.5) is 0 Å². The molecule has 1 aliphatic heterocycles. The summed E-state index contributed by atoms with van der Waals surface area (Å²) >= 11 is 1.95. The molecule has 1 unspecified atom stereocenters. The third-order valence-corrected chi connectivity index (χ3v) is 4.59. The minimum absolute atomic E-state index is 0.534. The standard InChI is InChI=1S/C13H15NS/c1-8-3-4-12-11(7-8)10-5-6-14-9(2)13(10)15-12/h3-4,7,9,14H,5-6H2,1-2H3. The number of fused-ring (bicyclic) bond motifs is 3. The van der Waals surface area contributed by atoms with E-state index in [0.29, 0.717) is 6.04 Å². The van der Waals surface area contributed by atoms with Gasteiger partial charge in [0, 0.05) is 15.6 Å². The Labute approximate surface area is 94.1 Å². The van der Waals surface area contributed by atoms with Gasteiger partial charge in [-0.2, -0.15) is 0 Å². The molecule has 2 aromatic rings. The van der Waals surface area contributed by atoms with Crippen LogP contribution in [-0.2, 0) is 6.42 Å². The van der Waals surface area contributed by atoms with E-state index in [1.165, 1.54) is 22.1 Å². The van der Waals surface area contributed by atoms with Gasteiger partial charge in [-0.1, -0.05) is 17.7 Å². The fourth-order valence-corrected chi connectivity index (χ4v) is 3.66. The fraction of sp³-hybridized carbons (Fsp3) is 0.385. The maximum absolute atomic E-state index is 3.52. The largest absolute Gasteiger partial charge is 0.309 e. The molecule has 78 valence electrons. The van der Waals surface area contributed by atoms with Crippen molar-refractivity contribution in [2.45, 2.75) is 26.3 Å². The first-order valence-corrected chi connectivity index (χ1v) is 6.32. The number of hydrogen-bond acceptors (Lipinski definition) is 2. The SMILES string of the molecule is Cc1ccc2sc3c(c2c1)CCNC3C. The Hall–Kier alpha value is -0.860. The van der Waals surface area contributed by atoms with Gasteiger partial charge in [0.25, 0.3) is 0 Å². The van der Waals surface area contributed by atoms with E-state index in [1.807, 2.05) is 11.3 Å². The molecule has 1 aliphatic rings. The molecule has 0 radical (unpaired) electrons. The first-order valence-electron chi connectivity index (χ1n) is 5.51. The second-order valence-corrected chi connectivity index (χ2v) is 5.45. The molecule has 0 fully saturated rings. The van der Waals surface area contributed by atoms with E-state index >= 15 is 0 Å². The van der Waals surface area contributed by atoms with Gasteiger partial charge >= 0.3 is 0 Å². The Kier molecular flexibility index (Phi) is 2.08. The summed E-state index contributed by atoms with van der Waals surface area (Å²) in [6, 6.07) is 7.34. The van der Waals surface area contributed by atoms with Crippen LogP contribution in [0.3, 0.4) is 0 Å². The van der Waals surface area contributed by atoms with Crippen molar-refractivity contribution < 1.29 is 0 Å². The third kappa shape index (κ3) is 1.40. The van der Waals surface area contributed by atoms with Gasteiger partial charge < -0.3 is 5.32 Å². The van der Waals surface area contributed by atoms with Gasteiger partial charge in [-0.3, -0.25) is 0 Å². The maximum Gasteiger partial charge on any atom is 0.0389 e. The molecule has 2 heteroatoms. The minimum Gasteiger partial charge on any atom is -0.309 e. The summed E-state index contributed by atoms with van der Waals surface area (Å²) in [7, 11) is 0. The van der Waals surface area contributed by atoms with Gasteiger partial charge in [0.2, 0.25) is 0 Å². The number of nitrogens with one attached hydrogen (secondary N) is 1. The predicted molar refractivity (Wildman–Crippen MR) is 66.7 cm³/mol. The Morgan fingerprint density at radius 3 is 3.13 bits per heavy atom. The highest BCUT2D eigenvalue weighted by Crippen LogP contribution is 2.37. The van der Waals surface area contributed by atoms with Crippen LogP contribution in [0.25, 0.3) is 10.1 Å². The zero-order valence-corrected chi connectivity index (χ0v) is 9.95. The predicted octanol–water partition coefficient (Wildman–Crippen LogP) is 3.42. The van der Waals surface area contributed by atoms with E-state index in [9.17, 15) is 0 Å². The van der Waals surface area contributed by atoms with Crippen molar-refractivity contribution in [1.29, 1.82) is 0 Å². The molecule has 0 spiro atoms. The normalized spacial score (nSPS) is 20.5. The highest BCUT2D eigenvalue weighted by Gasteiger charge is 2.20. The molecule has 1 atom stereocenters. The average Bonchev–Trinajstić information content (AvgIpc) is 2.58. The van der Waals surface area contributed by atoms with Gasteiger partial charge in [-0.05, 0) is 43.8 Å². The summed E-state index contributed by atoms with van der Waals surface area (Å²) in [6.45, 7) is 5.56. The summed E-state index contributed by atoms with van der Waals surface area (Å²) in [4.78, 5) is 1.54. The molecule has 15 heavy (non-hydrogen) atoms. The highest BCUT2D eigenvalue weighted by molar-refractivity contribution is 7.19. The van der Waals surface area contributed by atoms with Crippen LogP contribution in [0, 0.1) is 6.92 Å². The first-order chi connectivity index (χ1) is 7.25. The molecule has 2 heterocycles. The average molecular weight is 217 g/mol. The monoisotopic (exact) mass is 217 g/mol. The van der Waals surface area contributed by atoms with Crippen LogP contribution in [0.5, 0.6) is 0 Å². The highest BCUT2D eigenvalue weighted by atomic mass is 32.1. The van der Waals surface area contributed by atoms with Crippen molar-refractivity contribution in [3.8, 4) is 0 Å². The zero-order valence-electron chi connectivity index (χ0n) is 9.13. The lowest BCUT2D eigenvalue weighted by molar-refractivity contribution is 0.553. The van der Waals surface area contributed by atoms with Crippen molar-refractivity contribution in [1.82, 2.24) is 5.32 Å². The molecular weight excluding hydrogens is 202 g/mol. The van der Waals surface area contributed by atoms with Gasteiger partial charge in [0.1, 0.15) is 0 Å². The van der Waals surface area contributed by atoms with Crippen LogP contribution in [-0.4, -0.2) is 6.54 Å². The summed E-state index contributed by atoms with van der Waals surface area (Å²) in [5.74, 6) is 0. The van der Waals surface area contributed by atoms with Crippen LogP contribution < -0.4 is 5.32 Å². The van der Waals surface area contributed by atoms with Gasteiger partial charge in [-0.15, -0.1) is 11.3 Å². The van der Waals surface area contributed by atoms with Gasteiger partial charge in [-0.25, -0.2) is 0 Å². The van der Waals surface area contributed by atoms with E-state index in [-0.39, 0.29) is 0 Å². The molecule has 1 aromatic heterocycles. The number of aryl methyl sites for hydroxylation is 1. The molecule has 0 saturated heterocycles. The smallest absolute Gasteiger partial charge is 0.0389 e. The summed E-state index contributed by atoms with van der Waals surface area (Å²) < 4.78 is 1.45. The van der Waals surface area contributed by atoms with E-state index in [4.69, 9.17) is 0 Å². The van der Waals surface area contributed by atoms with E-state index in [0.717, 1.165) is 6.54 Å². The molecular formula is C13H15NS. The lowest BCUT2D eigenvalue weighted by Gasteiger charge is -2.20. The quantitative estimate of drug-likeness (QED) is 0.713. The van der Waals surface area contributed by atoms with Crippen molar-refractivity contribution in [2.75, 3.05) is 6.54 Å². The number of thiophene rings is 1. The van der Waals surface area contributed by atoms with Crippen LogP contribution in [0.1, 0.15) is 29.0 Å². The molecule has 1 aromatic carbocycles. The summed E-state index contributed by atoms with van der Waals surface area (Å²) in [5, 5.41) is 5.01. The van der Waals surface area contributed by atoms with Crippen molar-refractivity contribution >= 4 is 21.4 Å². The fourth-order valence-electron chi connectivity index (χ4n) is 2.40. The Balaban J connectivity index is 2.31. The lowest BCUT2D eigenvalue weighted by atomic mass is 10.00. The molecule has 1 nitrogen and oxygen atoms in total. The number of hydrogen-bond donors (Lipinski definition) is 1. The maximum atomic E-state index is 3.52. The molecule has 1 N–H and O–H groups in total. The molecule has 0 saturated carbocycles. The Morgan fingerprint density at radius 2 is 2.27 bits per heavy atom. The number of benzene rings is 1. The van der Waals surface area contributed by atoms with E-state index in [2.05, 4.69) is 37.4 Å². The topological polar surface area (TPSA) is 12.0 Å². The molecule has 0 bridgehead atoms. The second kappa shape index (κ2) is 3.32. The van der Waals surface area contributed by atoms with Gasteiger partial charge in [0.05, 0.1) is 0 Å². The third-order valence-electron chi connectivity index (χ3n) is 3.20. The lowest BCUT2D eigenvalue weighted by Crippen LogP contribution is -2.26. The van der Waals surface area contributed by atoms with Crippen LogP contribution >= 0.6 is 11.3 Å². The molecule has 0 aliphatic carbocycles. The van der Waals surface area contributed by atoms with E-state index in [1.54, 1.807) is 10.4 Å². The summed E-state index contributed by atoms with van der Waals surface area (Å²) in [5.41, 5.74) is 2.96. The molecule has 3 rings (SSSR count). The van der Waals surface area contributed by atoms with Crippen molar-refractivity contribution in [3.63, 3.8) is 0 Å². The van der Waals surface area contributed by atoms with E-state index < -0.39 is 0 Å². The number of rotatable bonds is 0. The summed E-state index contributed by atoms with van der Waals surface area (Å²) in [6.07, 6.45) is 1.18. The van der Waals surface area contributed by atoms with Crippen LogP contribution in [0.15, 0.2) is 18.2 Å². The van der Waals surface area contributed by atoms with Gasteiger partial charge in [0.15, 0.2) is 0 Å². The zero-order chi connectivity index (χ0) is 10.4. The Morgan fingerprint density at radius 1 is 1.40 bits per heavy atom. The minimum atomic E-state index is 0.534. The van der Waals surface area contributed by atoms with Crippen molar-refractivity contribution in [2.24, 2.45) is 0 Å². The second-order valence-electron chi connectivity index (χ2n) is 4.37. The van der Waals surface area contributed by atoms with Crippen LogP contribution in [0.2, 0.25) is 0 Å². The van der Waals surface area contributed by atoms with Crippen molar-refractivity contribution in [3.05, 3.63) is 34.2 Å². The molecule has 0 amide bonds.